The Morgan fingerprint density at radius 1 is 1.41 bits per heavy atom. The standard InChI is InChI=1S/C21H26N4O2/c1-13(2)12-25-19-7-6-15(10-17(19)20(24-25)21(26)27)23-11-14-4-3-5-18-16(14)8-9-22-18/h3-5,8-9,13,15,22-23H,6-7,10-12H2,1-2H3,(H,26,27)/t15-/m0/s1. The van der Waals surface area contributed by atoms with E-state index in [-0.39, 0.29) is 11.7 Å². The van der Waals surface area contributed by atoms with Crippen LogP contribution in [0.25, 0.3) is 10.9 Å². The lowest BCUT2D eigenvalue weighted by molar-refractivity contribution is 0.0688. The van der Waals surface area contributed by atoms with Crippen molar-refractivity contribution in [2.75, 3.05) is 0 Å². The fourth-order valence-corrected chi connectivity index (χ4v) is 4.09. The lowest BCUT2D eigenvalue weighted by atomic mass is 9.91. The molecule has 0 saturated heterocycles. The lowest BCUT2D eigenvalue weighted by Gasteiger charge is -2.25. The van der Waals surface area contributed by atoms with Gasteiger partial charge in [0.15, 0.2) is 5.69 Å². The maximum absolute atomic E-state index is 11.7. The molecule has 1 aliphatic carbocycles. The van der Waals surface area contributed by atoms with Crippen LogP contribution in [0.4, 0.5) is 0 Å². The van der Waals surface area contributed by atoms with E-state index < -0.39 is 5.97 Å². The van der Waals surface area contributed by atoms with Crippen LogP contribution in [0, 0.1) is 5.92 Å². The first-order chi connectivity index (χ1) is 13.0. The van der Waals surface area contributed by atoms with Crippen LogP contribution in [0.3, 0.4) is 0 Å². The van der Waals surface area contributed by atoms with Gasteiger partial charge in [0.1, 0.15) is 0 Å². The Balaban J connectivity index is 1.52. The average Bonchev–Trinajstić information content (AvgIpc) is 3.24. The molecule has 1 aliphatic rings. The minimum atomic E-state index is -0.925. The molecule has 4 rings (SSSR count). The van der Waals surface area contributed by atoms with Gasteiger partial charge in [-0.1, -0.05) is 26.0 Å². The lowest BCUT2D eigenvalue weighted by Crippen LogP contribution is -2.35. The van der Waals surface area contributed by atoms with E-state index in [9.17, 15) is 9.90 Å². The molecule has 27 heavy (non-hydrogen) atoms. The minimum Gasteiger partial charge on any atom is -0.476 e. The fraction of sp³-hybridized carbons (Fsp3) is 0.429. The van der Waals surface area contributed by atoms with Crippen molar-refractivity contribution in [3.63, 3.8) is 0 Å². The number of carboxylic acid groups (broad SMARTS) is 1. The van der Waals surface area contributed by atoms with Crippen molar-refractivity contribution in [2.24, 2.45) is 5.92 Å². The first-order valence-electron chi connectivity index (χ1n) is 9.63. The molecule has 3 N–H and O–H groups in total. The van der Waals surface area contributed by atoms with E-state index in [1.54, 1.807) is 0 Å². The van der Waals surface area contributed by atoms with Gasteiger partial charge < -0.3 is 15.4 Å². The Labute approximate surface area is 158 Å². The summed E-state index contributed by atoms with van der Waals surface area (Å²) in [5, 5.41) is 18.8. The summed E-state index contributed by atoms with van der Waals surface area (Å²) in [6.45, 7) is 5.80. The quantitative estimate of drug-likeness (QED) is 0.625. The number of hydrogen-bond acceptors (Lipinski definition) is 3. The van der Waals surface area contributed by atoms with Crippen molar-refractivity contribution < 1.29 is 9.90 Å². The van der Waals surface area contributed by atoms with Gasteiger partial charge in [-0.3, -0.25) is 4.68 Å². The summed E-state index contributed by atoms with van der Waals surface area (Å²) in [6.07, 6.45) is 4.55. The highest BCUT2D eigenvalue weighted by molar-refractivity contribution is 5.87. The van der Waals surface area contributed by atoms with Gasteiger partial charge in [-0.2, -0.15) is 5.10 Å². The van der Waals surface area contributed by atoms with Gasteiger partial charge in [0.2, 0.25) is 0 Å². The second kappa shape index (κ2) is 7.19. The fourth-order valence-electron chi connectivity index (χ4n) is 4.09. The van der Waals surface area contributed by atoms with Crippen LogP contribution in [-0.2, 0) is 25.9 Å². The van der Waals surface area contributed by atoms with Crippen molar-refractivity contribution in [2.45, 2.75) is 52.2 Å². The molecule has 0 aliphatic heterocycles. The van der Waals surface area contributed by atoms with Crippen LogP contribution in [0.2, 0.25) is 0 Å². The summed E-state index contributed by atoms with van der Waals surface area (Å²) in [6, 6.07) is 8.65. The summed E-state index contributed by atoms with van der Waals surface area (Å²) in [5.74, 6) is -0.486. The number of nitrogens with one attached hydrogen (secondary N) is 2. The summed E-state index contributed by atoms with van der Waals surface area (Å²) >= 11 is 0. The van der Waals surface area contributed by atoms with Gasteiger partial charge in [-0.25, -0.2) is 4.79 Å². The number of rotatable bonds is 6. The molecule has 1 atom stereocenters. The first kappa shape index (κ1) is 17.8. The van der Waals surface area contributed by atoms with Crippen LogP contribution in [0.15, 0.2) is 30.5 Å². The van der Waals surface area contributed by atoms with Crippen molar-refractivity contribution in [1.29, 1.82) is 0 Å². The van der Waals surface area contributed by atoms with Crippen LogP contribution in [0.5, 0.6) is 0 Å². The van der Waals surface area contributed by atoms with Gasteiger partial charge in [-0.15, -0.1) is 0 Å². The second-order valence-corrected chi connectivity index (χ2v) is 7.83. The number of carbonyl (C=O) groups is 1. The minimum absolute atomic E-state index is 0.227. The van der Waals surface area contributed by atoms with E-state index in [2.05, 4.69) is 53.5 Å². The Morgan fingerprint density at radius 2 is 2.26 bits per heavy atom. The van der Waals surface area contributed by atoms with Crippen LogP contribution in [0.1, 0.15) is 47.6 Å². The molecule has 0 amide bonds. The zero-order valence-corrected chi connectivity index (χ0v) is 15.8. The molecule has 0 saturated carbocycles. The third kappa shape index (κ3) is 3.49. The Hall–Kier alpha value is -2.60. The number of hydrogen-bond donors (Lipinski definition) is 3. The molecule has 0 unspecified atom stereocenters. The molecule has 2 heterocycles. The third-order valence-electron chi connectivity index (χ3n) is 5.35. The second-order valence-electron chi connectivity index (χ2n) is 7.83. The number of aromatic amines is 1. The van der Waals surface area contributed by atoms with Gasteiger partial charge in [0.25, 0.3) is 0 Å². The molecular weight excluding hydrogens is 340 g/mol. The van der Waals surface area contributed by atoms with Crippen molar-refractivity contribution in [1.82, 2.24) is 20.1 Å². The monoisotopic (exact) mass is 366 g/mol. The highest BCUT2D eigenvalue weighted by Gasteiger charge is 2.29. The smallest absolute Gasteiger partial charge is 0.356 e. The average molecular weight is 366 g/mol. The van der Waals surface area contributed by atoms with Gasteiger partial charge in [0, 0.05) is 47.5 Å². The molecule has 0 radical (unpaired) electrons. The Morgan fingerprint density at radius 3 is 3.04 bits per heavy atom. The number of nitrogens with zero attached hydrogens (tertiary/aromatic N) is 2. The summed E-state index contributed by atoms with van der Waals surface area (Å²) in [4.78, 5) is 14.9. The Bertz CT molecular complexity index is 970. The van der Waals surface area contributed by atoms with E-state index in [0.29, 0.717) is 5.92 Å². The third-order valence-corrected chi connectivity index (χ3v) is 5.35. The maximum atomic E-state index is 11.7. The SMILES string of the molecule is CC(C)Cn1nc(C(=O)O)c2c1CC[C@H](NCc1cccc3[nH]ccc13)C2. The molecular formula is C21H26N4O2. The van der Waals surface area contributed by atoms with E-state index in [4.69, 9.17) is 0 Å². The predicted molar refractivity (Wildman–Crippen MR) is 105 cm³/mol. The van der Waals surface area contributed by atoms with Gasteiger partial charge in [-0.05, 0) is 42.9 Å². The van der Waals surface area contributed by atoms with Crippen molar-refractivity contribution in [3.8, 4) is 0 Å². The predicted octanol–water partition coefficient (Wildman–Crippen LogP) is 3.37. The van der Waals surface area contributed by atoms with Crippen molar-refractivity contribution in [3.05, 3.63) is 53.0 Å². The van der Waals surface area contributed by atoms with Crippen LogP contribution in [-0.4, -0.2) is 31.9 Å². The molecule has 0 spiro atoms. The number of aromatic nitrogens is 3. The molecule has 0 bridgehead atoms. The van der Waals surface area contributed by atoms with E-state index >= 15 is 0 Å². The highest BCUT2D eigenvalue weighted by atomic mass is 16.4. The maximum Gasteiger partial charge on any atom is 0.356 e. The Kier molecular flexibility index (Phi) is 4.74. The number of carboxylic acids is 1. The normalized spacial score (nSPS) is 16.8. The number of benzene rings is 1. The topological polar surface area (TPSA) is 82.9 Å². The molecule has 2 aromatic heterocycles. The van der Waals surface area contributed by atoms with E-state index in [1.165, 1.54) is 10.9 Å². The molecule has 1 aromatic carbocycles. The number of aromatic carboxylic acids is 1. The first-order valence-corrected chi connectivity index (χ1v) is 9.63. The summed E-state index contributed by atoms with van der Waals surface area (Å²) in [7, 11) is 0. The van der Waals surface area contributed by atoms with Crippen molar-refractivity contribution >= 4 is 16.9 Å². The molecule has 3 aromatic rings. The van der Waals surface area contributed by atoms with E-state index in [1.807, 2.05) is 10.9 Å². The number of fused-ring (bicyclic) bond motifs is 2. The summed E-state index contributed by atoms with van der Waals surface area (Å²) < 4.78 is 1.92. The molecule has 6 nitrogen and oxygen atoms in total. The summed E-state index contributed by atoms with van der Waals surface area (Å²) in [5.41, 5.74) is 4.64. The zero-order chi connectivity index (χ0) is 19.0. The number of H-pyrrole nitrogens is 1. The van der Waals surface area contributed by atoms with Crippen LogP contribution >= 0.6 is 0 Å². The highest BCUT2D eigenvalue weighted by Crippen LogP contribution is 2.26. The van der Waals surface area contributed by atoms with Gasteiger partial charge >= 0.3 is 5.97 Å². The molecule has 6 heteroatoms. The molecule has 0 fully saturated rings. The van der Waals surface area contributed by atoms with Crippen LogP contribution < -0.4 is 5.32 Å². The molecule has 142 valence electrons. The largest absolute Gasteiger partial charge is 0.476 e. The van der Waals surface area contributed by atoms with Gasteiger partial charge in [0.05, 0.1) is 0 Å². The zero-order valence-electron chi connectivity index (χ0n) is 15.8. The van der Waals surface area contributed by atoms with E-state index in [0.717, 1.165) is 49.1 Å².